The number of urea groups is 1. The first-order valence-corrected chi connectivity index (χ1v) is 8.03. The average molecular weight is 341 g/mol. The van der Waals surface area contributed by atoms with Crippen LogP contribution in [-0.4, -0.2) is 45.3 Å². The lowest BCUT2D eigenvalue weighted by Gasteiger charge is -2.13. The van der Waals surface area contributed by atoms with Crippen LogP contribution in [-0.2, 0) is 22.6 Å². The van der Waals surface area contributed by atoms with E-state index in [-0.39, 0.29) is 24.8 Å². The third-order valence-electron chi connectivity index (χ3n) is 3.95. The number of nitrogens with one attached hydrogen (secondary N) is 3. The Balaban J connectivity index is 1.48. The molecule has 2 aromatic rings. The van der Waals surface area contributed by atoms with Gasteiger partial charge in [0.1, 0.15) is 6.04 Å². The number of imide groups is 1. The number of amides is 4. The molecule has 1 atom stereocenters. The quantitative estimate of drug-likeness (QED) is 0.640. The van der Waals surface area contributed by atoms with Crippen molar-refractivity contribution in [3.05, 3.63) is 54.1 Å². The molecule has 8 heteroatoms. The Labute approximate surface area is 144 Å². The van der Waals surface area contributed by atoms with Gasteiger partial charge in [0.15, 0.2) is 0 Å². The van der Waals surface area contributed by atoms with E-state index in [2.05, 4.69) is 20.6 Å². The number of benzene rings is 1. The van der Waals surface area contributed by atoms with Crippen LogP contribution in [0.5, 0.6) is 0 Å². The first-order chi connectivity index (χ1) is 12.1. The largest absolute Gasteiger partial charge is 0.356 e. The van der Waals surface area contributed by atoms with Crippen molar-refractivity contribution in [1.29, 1.82) is 0 Å². The molecule has 25 heavy (non-hydrogen) atoms. The predicted molar refractivity (Wildman–Crippen MR) is 89.2 cm³/mol. The molecule has 1 aliphatic rings. The summed E-state index contributed by atoms with van der Waals surface area (Å²) < 4.78 is 0. The van der Waals surface area contributed by atoms with Crippen molar-refractivity contribution in [2.24, 2.45) is 0 Å². The number of aromatic amines is 1. The summed E-state index contributed by atoms with van der Waals surface area (Å²) in [5.74, 6) is -0.655. The van der Waals surface area contributed by atoms with Crippen LogP contribution < -0.4 is 10.6 Å². The van der Waals surface area contributed by atoms with Crippen LogP contribution in [0.25, 0.3) is 0 Å². The van der Waals surface area contributed by atoms with Gasteiger partial charge in [-0.1, -0.05) is 30.3 Å². The maximum absolute atomic E-state index is 12.4. The number of nitrogens with zero attached hydrogens (tertiary/aromatic N) is 2. The summed E-state index contributed by atoms with van der Waals surface area (Å²) in [6.45, 7) is 0.632. The van der Waals surface area contributed by atoms with Crippen LogP contribution in [0.15, 0.2) is 42.9 Å². The SMILES string of the molecule is O=C(C[C@@H]1NC(=O)N(Cc2ccccc2)C1=O)NCCc1cnc[nH]1. The number of aromatic nitrogens is 2. The van der Waals surface area contributed by atoms with E-state index in [4.69, 9.17) is 0 Å². The standard InChI is InChI=1S/C17H19N5O3/c23-15(19-7-6-13-9-18-11-20-13)8-14-16(24)22(17(25)21-14)10-12-4-2-1-3-5-12/h1-5,9,11,14H,6-8,10H2,(H,18,20)(H,19,23)(H,21,25)/t14-/m0/s1. The summed E-state index contributed by atoms with van der Waals surface area (Å²) in [6, 6.07) is 7.96. The highest BCUT2D eigenvalue weighted by molar-refractivity contribution is 6.05. The lowest BCUT2D eigenvalue weighted by atomic mass is 10.1. The molecule has 8 nitrogen and oxygen atoms in total. The van der Waals surface area contributed by atoms with Gasteiger partial charge >= 0.3 is 6.03 Å². The van der Waals surface area contributed by atoms with Gasteiger partial charge in [0.2, 0.25) is 5.91 Å². The van der Waals surface area contributed by atoms with E-state index < -0.39 is 12.1 Å². The number of carbonyl (C=O) groups is 3. The van der Waals surface area contributed by atoms with Crippen LogP contribution in [0.1, 0.15) is 17.7 Å². The molecule has 0 unspecified atom stereocenters. The second-order valence-corrected chi connectivity index (χ2v) is 5.79. The van der Waals surface area contributed by atoms with Crippen molar-refractivity contribution < 1.29 is 14.4 Å². The van der Waals surface area contributed by atoms with E-state index in [0.717, 1.165) is 16.2 Å². The molecule has 0 bridgehead atoms. The van der Waals surface area contributed by atoms with Crippen molar-refractivity contribution in [2.75, 3.05) is 6.54 Å². The molecule has 2 heterocycles. The molecule has 1 aromatic heterocycles. The lowest BCUT2D eigenvalue weighted by Crippen LogP contribution is -2.37. The highest BCUT2D eigenvalue weighted by atomic mass is 16.2. The van der Waals surface area contributed by atoms with Crippen molar-refractivity contribution in [1.82, 2.24) is 25.5 Å². The maximum Gasteiger partial charge on any atom is 0.325 e. The monoisotopic (exact) mass is 341 g/mol. The fourth-order valence-electron chi connectivity index (χ4n) is 2.65. The summed E-state index contributed by atoms with van der Waals surface area (Å²) in [7, 11) is 0. The topological polar surface area (TPSA) is 107 Å². The molecule has 130 valence electrons. The van der Waals surface area contributed by atoms with Gasteiger partial charge in [-0.25, -0.2) is 9.78 Å². The van der Waals surface area contributed by atoms with Gasteiger partial charge in [-0.05, 0) is 5.56 Å². The van der Waals surface area contributed by atoms with E-state index in [1.54, 1.807) is 12.5 Å². The fourth-order valence-corrected chi connectivity index (χ4v) is 2.65. The number of hydrogen-bond donors (Lipinski definition) is 3. The first-order valence-electron chi connectivity index (χ1n) is 8.03. The van der Waals surface area contributed by atoms with E-state index in [1.165, 1.54) is 0 Å². The smallest absolute Gasteiger partial charge is 0.325 e. The second kappa shape index (κ2) is 7.61. The number of H-pyrrole nitrogens is 1. The summed E-state index contributed by atoms with van der Waals surface area (Å²) in [4.78, 5) is 44.3. The average Bonchev–Trinajstić information content (AvgIpc) is 3.20. The molecular formula is C17H19N5O3. The Kier molecular flexibility index (Phi) is 5.08. The third-order valence-corrected chi connectivity index (χ3v) is 3.95. The Morgan fingerprint density at radius 3 is 2.76 bits per heavy atom. The third kappa shape index (κ3) is 4.23. The Hall–Kier alpha value is -3.16. The number of carbonyl (C=O) groups excluding carboxylic acids is 3. The van der Waals surface area contributed by atoms with Crippen LogP contribution in [0.2, 0.25) is 0 Å². The van der Waals surface area contributed by atoms with Crippen LogP contribution in [0.4, 0.5) is 4.79 Å². The van der Waals surface area contributed by atoms with Gasteiger partial charge in [0.25, 0.3) is 5.91 Å². The van der Waals surface area contributed by atoms with Crippen LogP contribution in [0.3, 0.4) is 0 Å². The van der Waals surface area contributed by atoms with Crippen LogP contribution in [0, 0.1) is 0 Å². The second-order valence-electron chi connectivity index (χ2n) is 5.79. The minimum Gasteiger partial charge on any atom is -0.356 e. The van der Waals surface area contributed by atoms with Crippen LogP contribution >= 0.6 is 0 Å². The molecule has 0 saturated carbocycles. The molecule has 1 saturated heterocycles. The zero-order chi connectivity index (χ0) is 17.6. The van der Waals surface area contributed by atoms with E-state index in [0.29, 0.717) is 13.0 Å². The molecule has 1 aliphatic heterocycles. The number of rotatable bonds is 7. The van der Waals surface area contributed by atoms with Gasteiger partial charge in [0, 0.05) is 24.9 Å². The van der Waals surface area contributed by atoms with Gasteiger partial charge in [-0.2, -0.15) is 0 Å². The van der Waals surface area contributed by atoms with Gasteiger partial charge in [-0.3, -0.25) is 14.5 Å². The summed E-state index contributed by atoms with van der Waals surface area (Å²) in [6.07, 6.45) is 3.81. The summed E-state index contributed by atoms with van der Waals surface area (Å²) >= 11 is 0. The molecule has 0 aliphatic carbocycles. The Morgan fingerprint density at radius 2 is 2.04 bits per heavy atom. The normalized spacial score (nSPS) is 16.8. The Morgan fingerprint density at radius 1 is 1.24 bits per heavy atom. The maximum atomic E-state index is 12.4. The summed E-state index contributed by atoms with van der Waals surface area (Å²) in [5, 5.41) is 5.31. The molecule has 0 spiro atoms. The van der Waals surface area contributed by atoms with Crippen molar-refractivity contribution in [2.45, 2.75) is 25.4 Å². The predicted octanol–water partition coefficient (Wildman–Crippen LogP) is 0.579. The fraction of sp³-hybridized carbons (Fsp3) is 0.294. The lowest BCUT2D eigenvalue weighted by molar-refractivity contribution is -0.131. The van der Waals surface area contributed by atoms with Crippen molar-refractivity contribution in [3.63, 3.8) is 0 Å². The van der Waals surface area contributed by atoms with Gasteiger partial charge in [-0.15, -0.1) is 0 Å². The first kappa shape index (κ1) is 16.7. The van der Waals surface area contributed by atoms with E-state index in [9.17, 15) is 14.4 Å². The zero-order valence-electron chi connectivity index (χ0n) is 13.6. The minimum atomic E-state index is -0.816. The van der Waals surface area contributed by atoms with Gasteiger partial charge < -0.3 is 15.6 Å². The molecule has 4 amide bonds. The molecule has 3 N–H and O–H groups in total. The molecule has 1 aromatic carbocycles. The molecule has 1 fully saturated rings. The van der Waals surface area contributed by atoms with Crippen molar-refractivity contribution in [3.8, 4) is 0 Å². The molecular weight excluding hydrogens is 322 g/mol. The van der Waals surface area contributed by atoms with Gasteiger partial charge in [0.05, 0.1) is 19.3 Å². The van der Waals surface area contributed by atoms with E-state index in [1.807, 2.05) is 30.3 Å². The van der Waals surface area contributed by atoms with Crippen molar-refractivity contribution >= 4 is 17.8 Å². The molecule has 3 rings (SSSR count). The zero-order valence-corrected chi connectivity index (χ0v) is 13.6. The van der Waals surface area contributed by atoms with E-state index >= 15 is 0 Å². The molecule has 0 radical (unpaired) electrons. The number of hydrogen-bond acceptors (Lipinski definition) is 4. The minimum absolute atomic E-state index is 0.0706. The Bertz CT molecular complexity index is 745. The summed E-state index contributed by atoms with van der Waals surface area (Å²) in [5.41, 5.74) is 1.77. The highest BCUT2D eigenvalue weighted by Gasteiger charge is 2.38. The highest BCUT2D eigenvalue weighted by Crippen LogP contribution is 2.13. The number of imidazole rings is 1.